The van der Waals surface area contributed by atoms with Crippen molar-refractivity contribution in [1.82, 2.24) is 9.97 Å². The fraction of sp³-hybridized carbons (Fsp3) is 0. The van der Waals surface area contributed by atoms with Crippen molar-refractivity contribution in [2.24, 2.45) is 0 Å². The molecular formula is C6HCl3N2O. The average molecular weight is 223 g/mol. The fourth-order valence-electron chi connectivity index (χ4n) is 0.839. The summed E-state index contributed by atoms with van der Waals surface area (Å²) < 4.78 is 5.00. The van der Waals surface area contributed by atoms with Crippen LogP contribution < -0.4 is 0 Å². The molecule has 0 radical (unpaired) electrons. The van der Waals surface area contributed by atoms with Gasteiger partial charge in [-0.3, -0.25) is 0 Å². The summed E-state index contributed by atoms with van der Waals surface area (Å²) in [5.74, 6) is 0. The maximum Gasteiger partial charge on any atom is 0.224 e. The van der Waals surface area contributed by atoms with Crippen LogP contribution in [-0.2, 0) is 0 Å². The van der Waals surface area contributed by atoms with Gasteiger partial charge in [0.05, 0.1) is 0 Å². The lowest BCUT2D eigenvalue weighted by molar-refractivity contribution is 0.616. The molecule has 0 aliphatic carbocycles. The molecule has 0 aliphatic heterocycles. The highest BCUT2D eigenvalue weighted by Crippen LogP contribution is 2.27. The Morgan fingerprint density at radius 1 is 1.17 bits per heavy atom. The maximum atomic E-state index is 5.69. The molecule has 2 aromatic rings. The normalized spacial score (nSPS) is 10.9. The van der Waals surface area contributed by atoms with Crippen molar-refractivity contribution in [3.8, 4) is 0 Å². The molecule has 0 saturated heterocycles. The van der Waals surface area contributed by atoms with Gasteiger partial charge in [0.1, 0.15) is 5.52 Å². The van der Waals surface area contributed by atoms with Gasteiger partial charge in [0.2, 0.25) is 5.28 Å². The standard InChI is InChI=1S/C6HCl3N2O/c7-3-1-2-4(12-3)5(8)11-6(9)10-2/h1H. The molecule has 0 amide bonds. The molecule has 0 atom stereocenters. The molecule has 2 aromatic heterocycles. The number of rotatable bonds is 0. The van der Waals surface area contributed by atoms with Gasteiger partial charge < -0.3 is 4.42 Å². The van der Waals surface area contributed by atoms with Gasteiger partial charge in [0.15, 0.2) is 16.0 Å². The SMILES string of the molecule is Clc1nc(Cl)c2oc(Cl)cc2n1. The monoisotopic (exact) mass is 222 g/mol. The Kier molecular flexibility index (Phi) is 1.87. The van der Waals surface area contributed by atoms with Gasteiger partial charge in [-0.15, -0.1) is 0 Å². The molecule has 0 aromatic carbocycles. The zero-order valence-electron chi connectivity index (χ0n) is 5.51. The second-order valence-corrected chi connectivity index (χ2v) is 3.12. The first-order chi connectivity index (χ1) is 5.66. The van der Waals surface area contributed by atoms with Crippen LogP contribution in [0.5, 0.6) is 0 Å². The first kappa shape index (κ1) is 8.10. The lowest BCUT2D eigenvalue weighted by atomic mass is 10.5. The Morgan fingerprint density at radius 3 is 2.67 bits per heavy atom. The van der Waals surface area contributed by atoms with Crippen molar-refractivity contribution in [2.75, 3.05) is 0 Å². The third-order valence-electron chi connectivity index (χ3n) is 1.27. The smallest absolute Gasteiger partial charge is 0.224 e. The summed E-state index contributed by atoms with van der Waals surface area (Å²) in [4.78, 5) is 7.53. The molecule has 62 valence electrons. The quantitative estimate of drug-likeness (QED) is 0.508. The summed E-state index contributed by atoms with van der Waals surface area (Å²) in [5.41, 5.74) is 0.857. The van der Waals surface area contributed by atoms with E-state index in [0.717, 1.165) is 0 Å². The van der Waals surface area contributed by atoms with E-state index in [1.807, 2.05) is 0 Å². The highest BCUT2D eigenvalue weighted by molar-refractivity contribution is 6.36. The number of fused-ring (bicyclic) bond motifs is 1. The van der Waals surface area contributed by atoms with Crippen LogP contribution in [0.4, 0.5) is 0 Å². The Labute approximate surface area is 82.3 Å². The van der Waals surface area contributed by atoms with Crippen molar-refractivity contribution in [3.05, 3.63) is 21.7 Å². The predicted molar refractivity (Wildman–Crippen MR) is 46.8 cm³/mol. The van der Waals surface area contributed by atoms with Crippen LogP contribution in [0.2, 0.25) is 15.7 Å². The highest BCUT2D eigenvalue weighted by atomic mass is 35.5. The Hall–Kier alpha value is -0.510. The van der Waals surface area contributed by atoms with Gasteiger partial charge in [-0.1, -0.05) is 11.6 Å². The largest absolute Gasteiger partial charge is 0.440 e. The zero-order chi connectivity index (χ0) is 8.72. The van der Waals surface area contributed by atoms with Gasteiger partial charge >= 0.3 is 0 Å². The summed E-state index contributed by atoms with van der Waals surface area (Å²) in [5, 5.41) is 0.449. The average Bonchev–Trinajstić information content (AvgIpc) is 2.29. The van der Waals surface area contributed by atoms with Crippen molar-refractivity contribution >= 4 is 45.9 Å². The zero-order valence-corrected chi connectivity index (χ0v) is 7.78. The molecule has 0 saturated carbocycles. The summed E-state index contributed by atoms with van der Waals surface area (Å²) in [6.07, 6.45) is 0. The minimum absolute atomic E-state index is 0.0740. The van der Waals surface area contributed by atoms with E-state index < -0.39 is 0 Å². The summed E-state index contributed by atoms with van der Waals surface area (Å²) in [7, 11) is 0. The third kappa shape index (κ3) is 1.24. The van der Waals surface area contributed by atoms with Gasteiger partial charge in [0.25, 0.3) is 0 Å². The van der Waals surface area contributed by atoms with E-state index in [9.17, 15) is 0 Å². The first-order valence-corrected chi connectivity index (χ1v) is 4.08. The van der Waals surface area contributed by atoms with E-state index in [1.165, 1.54) is 6.07 Å². The fourth-order valence-corrected chi connectivity index (χ4v) is 1.45. The van der Waals surface area contributed by atoms with E-state index >= 15 is 0 Å². The number of hydrogen-bond donors (Lipinski definition) is 0. The van der Waals surface area contributed by atoms with E-state index in [0.29, 0.717) is 11.1 Å². The number of furan rings is 1. The Balaban J connectivity index is 2.88. The van der Waals surface area contributed by atoms with Crippen LogP contribution in [0.25, 0.3) is 11.1 Å². The molecule has 0 aliphatic rings. The van der Waals surface area contributed by atoms with Crippen LogP contribution in [0.15, 0.2) is 10.5 Å². The molecule has 0 spiro atoms. The number of hydrogen-bond acceptors (Lipinski definition) is 3. The minimum atomic E-state index is 0.0740. The molecule has 0 N–H and O–H groups in total. The molecule has 2 heterocycles. The molecule has 3 nitrogen and oxygen atoms in total. The lowest BCUT2D eigenvalue weighted by Gasteiger charge is -1.90. The van der Waals surface area contributed by atoms with E-state index in [1.54, 1.807) is 0 Å². The molecule has 0 bridgehead atoms. The van der Waals surface area contributed by atoms with Crippen LogP contribution in [0, 0.1) is 0 Å². The van der Waals surface area contributed by atoms with Gasteiger partial charge in [-0.25, -0.2) is 9.97 Å². The van der Waals surface area contributed by atoms with Crippen molar-refractivity contribution in [3.63, 3.8) is 0 Å². The van der Waals surface area contributed by atoms with Crippen LogP contribution in [0.1, 0.15) is 0 Å². The van der Waals surface area contributed by atoms with Crippen molar-refractivity contribution < 1.29 is 4.42 Å². The Bertz CT molecular complexity index is 440. The second kappa shape index (κ2) is 2.76. The second-order valence-electron chi connectivity index (χ2n) is 2.05. The van der Waals surface area contributed by atoms with Gasteiger partial charge in [-0.05, 0) is 23.2 Å². The molecule has 2 rings (SSSR count). The number of aromatic nitrogens is 2. The van der Waals surface area contributed by atoms with Gasteiger partial charge in [0, 0.05) is 6.07 Å². The van der Waals surface area contributed by atoms with E-state index in [4.69, 9.17) is 39.2 Å². The van der Waals surface area contributed by atoms with Gasteiger partial charge in [-0.2, -0.15) is 0 Å². The molecule has 0 unspecified atom stereocenters. The number of nitrogens with zero attached hydrogens (tertiary/aromatic N) is 2. The van der Waals surface area contributed by atoms with E-state index in [-0.39, 0.29) is 15.7 Å². The third-order valence-corrected chi connectivity index (χ3v) is 1.88. The topological polar surface area (TPSA) is 38.9 Å². The van der Waals surface area contributed by atoms with Crippen LogP contribution in [0.3, 0.4) is 0 Å². The molecule has 12 heavy (non-hydrogen) atoms. The molecule has 0 fully saturated rings. The summed E-state index contributed by atoms with van der Waals surface area (Å²) >= 11 is 16.8. The minimum Gasteiger partial charge on any atom is -0.440 e. The number of halogens is 3. The maximum absolute atomic E-state index is 5.69. The van der Waals surface area contributed by atoms with Crippen LogP contribution >= 0.6 is 34.8 Å². The molecular weight excluding hydrogens is 222 g/mol. The lowest BCUT2D eigenvalue weighted by Crippen LogP contribution is -1.82. The predicted octanol–water partition coefficient (Wildman–Crippen LogP) is 3.18. The molecule has 6 heteroatoms. The van der Waals surface area contributed by atoms with E-state index in [2.05, 4.69) is 9.97 Å². The van der Waals surface area contributed by atoms with Crippen LogP contribution in [-0.4, -0.2) is 9.97 Å². The van der Waals surface area contributed by atoms with Crippen molar-refractivity contribution in [2.45, 2.75) is 0 Å². The Morgan fingerprint density at radius 2 is 1.92 bits per heavy atom. The first-order valence-electron chi connectivity index (χ1n) is 2.95. The van der Waals surface area contributed by atoms with Crippen molar-refractivity contribution in [1.29, 1.82) is 0 Å². The summed E-state index contributed by atoms with van der Waals surface area (Å²) in [6, 6.07) is 1.52. The highest BCUT2D eigenvalue weighted by Gasteiger charge is 2.09. The summed E-state index contributed by atoms with van der Waals surface area (Å²) in [6.45, 7) is 0.